The zero-order chi connectivity index (χ0) is 8.72. The van der Waals surface area contributed by atoms with Crippen LogP contribution in [0.3, 0.4) is 0 Å². The predicted molar refractivity (Wildman–Crippen MR) is 44.3 cm³/mol. The number of nitrogens with zero attached hydrogens (tertiary/aromatic N) is 2. The van der Waals surface area contributed by atoms with Crippen LogP contribution in [-0.2, 0) is 0 Å². The third kappa shape index (κ3) is 0.845. The van der Waals surface area contributed by atoms with E-state index in [1.165, 1.54) is 12.3 Å². The molecule has 0 aromatic carbocycles. The highest BCUT2D eigenvalue weighted by Gasteiger charge is 2.04. The van der Waals surface area contributed by atoms with Crippen molar-refractivity contribution in [1.82, 2.24) is 9.38 Å². The number of hydrogen-bond acceptors (Lipinski definition) is 2. The van der Waals surface area contributed by atoms with Gasteiger partial charge in [-0.3, -0.25) is 4.40 Å². The van der Waals surface area contributed by atoms with Crippen LogP contribution in [-0.4, -0.2) is 9.38 Å². The largest absolute Gasteiger partial charge is 0.382 e. The molecule has 0 saturated heterocycles. The van der Waals surface area contributed by atoms with E-state index in [9.17, 15) is 4.39 Å². The fourth-order valence-corrected chi connectivity index (χ4v) is 1.15. The van der Waals surface area contributed by atoms with Gasteiger partial charge >= 0.3 is 0 Å². The van der Waals surface area contributed by atoms with Gasteiger partial charge in [0.1, 0.15) is 17.3 Å². The fraction of sp³-hybridized carbons (Fsp3) is 0.125. The average Bonchev–Trinajstić information content (AvgIpc) is 2.31. The molecule has 0 spiro atoms. The molecule has 0 saturated carbocycles. The number of hydrogen-bond donors (Lipinski definition) is 1. The molecule has 0 bridgehead atoms. The molecular formula is C8H8FN3. The first kappa shape index (κ1) is 7.09. The Morgan fingerprint density at radius 1 is 1.50 bits per heavy atom. The Morgan fingerprint density at radius 3 is 3.00 bits per heavy atom. The molecule has 2 rings (SSSR count). The summed E-state index contributed by atoms with van der Waals surface area (Å²) in [6.45, 7) is 1.80. The Balaban J connectivity index is 2.88. The summed E-state index contributed by atoms with van der Waals surface area (Å²) in [5.74, 6) is 0.156. The second kappa shape index (κ2) is 2.20. The minimum atomic E-state index is -0.289. The molecule has 0 radical (unpaired) electrons. The quantitative estimate of drug-likeness (QED) is 0.640. The normalized spacial score (nSPS) is 10.8. The van der Waals surface area contributed by atoms with Gasteiger partial charge in [-0.1, -0.05) is 0 Å². The second-order valence-electron chi connectivity index (χ2n) is 2.66. The van der Waals surface area contributed by atoms with Gasteiger partial charge in [-0.2, -0.15) is 0 Å². The van der Waals surface area contributed by atoms with Gasteiger partial charge in [0.25, 0.3) is 0 Å². The predicted octanol–water partition coefficient (Wildman–Crippen LogP) is 1.36. The van der Waals surface area contributed by atoms with E-state index in [-0.39, 0.29) is 5.82 Å². The number of rotatable bonds is 0. The van der Waals surface area contributed by atoms with E-state index >= 15 is 0 Å². The van der Waals surface area contributed by atoms with Crippen molar-refractivity contribution in [1.29, 1.82) is 0 Å². The van der Waals surface area contributed by atoms with Crippen molar-refractivity contribution in [2.45, 2.75) is 6.92 Å². The minimum absolute atomic E-state index is 0.289. The maximum Gasteiger partial charge on any atom is 0.145 e. The fourth-order valence-electron chi connectivity index (χ4n) is 1.15. The number of pyridine rings is 1. The van der Waals surface area contributed by atoms with Crippen LogP contribution in [0.25, 0.3) is 5.65 Å². The molecule has 0 unspecified atom stereocenters. The van der Waals surface area contributed by atoms with E-state index in [1.807, 2.05) is 0 Å². The number of aryl methyl sites for hydroxylation is 1. The maximum absolute atomic E-state index is 12.7. The van der Waals surface area contributed by atoms with Crippen molar-refractivity contribution in [3.8, 4) is 0 Å². The molecule has 0 atom stereocenters. The molecule has 0 aliphatic carbocycles. The summed E-state index contributed by atoms with van der Waals surface area (Å²) < 4.78 is 14.4. The highest BCUT2D eigenvalue weighted by atomic mass is 19.1. The van der Waals surface area contributed by atoms with Gasteiger partial charge in [0.05, 0.1) is 5.69 Å². The van der Waals surface area contributed by atoms with Crippen molar-refractivity contribution in [2.24, 2.45) is 0 Å². The van der Waals surface area contributed by atoms with Gasteiger partial charge < -0.3 is 5.73 Å². The summed E-state index contributed by atoms with van der Waals surface area (Å²) >= 11 is 0. The van der Waals surface area contributed by atoms with Crippen molar-refractivity contribution in [3.63, 3.8) is 0 Å². The third-order valence-corrected chi connectivity index (χ3v) is 1.86. The highest BCUT2D eigenvalue weighted by molar-refractivity contribution is 5.51. The lowest BCUT2D eigenvalue weighted by molar-refractivity contribution is 0.618. The van der Waals surface area contributed by atoms with Gasteiger partial charge in [-0.15, -0.1) is 0 Å². The SMILES string of the molecule is Cc1c(N)nc2ccc(F)cn12. The van der Waals surface area contributed by atoms with Crippen LogP contribution < -0.4 is 5.73 Å². The molecule has 2 heterocycles. The van der Waals surface area contributed by atoms with Gasteiger partial charge in [0.15, 0.2) is 0 Å². The molecule has 0 aliphatic rings. The summed E-state index contributed by atoms with van der Waals surface area (Å²) in [6.07, 6.45) is 1.37. The zero-order valence-electron chi connectivity index (χ0n) is 6.58. The summed E-state index contributed by atoms with van der Waals surface area (Å²) in [6, 6.07) is 2.96. The first-order valence-corrected chi connectivity index (χ1v) is 3.58. The number of anilines is 1. The number of imidazole rings is 1. The summed E-state index contributed by atoms with van der Waals surface area (Å²) in [5.41, 5.74) is 6.99. The Kier molecular flexibility index (Phi) is 1.30. The Labute approximate surface area is 68.6 Å². The first-order chi connectivity index (χ1) is 5.68. The molecule has 3 nitrogen and oxygen atoms in total. The number of fused-ring (bicyclic) bond motifs is 1. The van der Waals surface area contributed by atoms with Crippen LogP contribution >= 0.6 is 0 Å². The van der Waals surface area contributed by atoms with Gasteiger partial charge in [0.2, 0.25) is 0 Å². The van der Waals surface area contributed by atoms with E-state index in [0.717, 1.165) is 5.69 Å². The van der Waals surface area contributed by atoms with Crippen molar-refractivity contribution in [3.05, 3.63) is 29.8 Å². The summed E-state index contributed by atoms with van der Waals surface area (Å²) in [7, 11) is 0. The smallest absolute Gasteiger partial charge is 0.145 e. The lowest BCUT2D eigenvalue weighted by atomic mass is 10.4. The van der Waals surface area contributed by atoms with Gasteiger partial charge in [-0.25, -0.2) is 9.37 Å². The molecule has 0 aliphatic heterocycles. The van der Waals surface area contributed by atoms with Crippen LogP contribution in [0.5, 0.6) is 0 Å². The van der Waals surface area contributed by atoms with Crippen LogP contribution in [0.4, 0.5) is 10.2 Å². The van der Waals surface area contributed by atoms with Gasteiger partial charge in [-0.05, 0) is 19.1 Å². The molecule has 62 valence electrons. The number of halogens is 1. The molecule has 4 heteroatoms. The molecule has 12 heavy (non-hydrogen) atoms. The van der Waals surface area contributed by atoms with Crippen molar-refractivity contribution < 1.29 is 4.39 Å². The molecule has 2 N–H and O–H groups in total. The van der Waals surface area contributed by atoms with E-state index < -0.39 is 0 Å². The Morgan fingerprint density at radius 2 is 2.25 bits per heavy atom. The molecule has 2 aromatic heterocycles. The van der Waals surface area contributed by atoms with Crippen LogP contribution in [0, 0.1) is 12.7 Å². The van der Waals surface area contributed by atoms with Crippen LogP contribution in [0.15, 0.2) is 18.3 Å². The molecule has 0 fully saturated rings. The van der Waals surface area contributed by atoms with E-state index in [0.29, 0.717) is 11.5 Å². The number of nitrogens with two attached hydrogens (primary N) is 1. The highest BCUT2D eigenvalue weighted by Crippen LogP contribution is 2.13. The van der Waals surface area contributed by atoms with Crippen molar-refractivity contribution in [2.75, 3.05) is 5.73 Å². The summed E-state index contributed by atoms with van der Waals surface area (Å²) in [4.78, 5) is 4.03. The van der Waals surface area contributed by atoms with E-state index in [2.05, 4.69) is 4.98 Å². The number of nitrogen functional groups attached to an aromatic ring is 1. The summed E-state index contributed by atoms with van der Waals surface area (Å²) in [5, 5.41) is 0. The first-order valence-electron chi connectivity index (χ1n) is 3.58. The molecule has 0 amide bonds. The monoisotopic (exact) mass is 165 g/mol. The maximum atomic E-state index is 12.7. The average molecular weight is 165 g/mol. The van der Waals surface area contributed by atoms with Crippen LogP contribution in [0.2, 0.25) is 0 Å². The van der Waals surface area contributed by atoms with Gasteiger partial charge in [0, 0.05) is 6.20 Å². The topological polar surface area (TPSA) is 43.3 Å². The lowest BCUT2D eigenvalue weighted by Crippen LogP contribution is -1.90. The standard InChI is InChI=1S/C8H8FN3/c1-5-8(10)11-7-3-2-6(9)4-12(5)7/h2-4H,10H2,1H3. The lowest BCUT2D eigenvalue weighted by Gasteiger charge is -1.94. The third-order valence-electron chi connectivity index (χ3n) is 1.86. The Bertz CT molecular complexity index is 433. The molecular weight excluding hydrogens is 157 g/mol. The van der Waals surface area contributed by atoms with E-state index in [4.69, 9.17) is 5.73 Å². The van der Waals surface area contributed by atoms with Crippen LogP contribution in [0.1, 0.15) is 5.69 Å². The van der Waals surface area contributed by atoms with E-state index in [1.54, 1.807) is 17.4 Å². The number of aromatic nitrogens is 2. The minimum Gasteiger partial charge on any atom is -0.382 e. The molecule has 2 aromatic rings. The van der Waals surface area contributed by atoms with Crippen molar-refractivity contribution >= 4 is 11.5 Å². The zero-order valence-corrected chi connectivity index (χ0v) is 6.58. The second-order valence-corrected chi connectivity index (χ2v) is 2.66. The Hall–Kier alpha value is -1.58.